The van der Waals surface area contributed by atoms with E-state index in [1.54, 1.807) is 6.92 Å². The maximum Gasteiger partial charge on any atom is 0.319 e. The number of hydrogen-bond acceptors (Lipinski definition) is 2. The summed E-state index contributed by atoms with van der Waals surface area (Å²) in [4.78, 5) is 11.7. The number of amides is 2. The van der Waals surface area contributed by atoms with Crippen molar-refractivity contribution in [2.75, 3.05) is 11.9 Å². The molecule has 4 heteroatoms. The van der Waals surface area contributed by atoms with Crippen LogP contribution in [0.15, 0.2) is 18.2 Å². The number of hydrogen-bond donors (Lipinski definition) is 3. The highest BCUT2D eigenvalue weighted by Crippen LogP contribution is 2.20. The molecule has 1 aromatic carbocycles. The number of aryl methyl sites for hydroxylation is 2. The van der Waals surface area contributed by atoms with Gasteiger partial charge in [-0.1, -0.05) is 25.1 Å². The molecule has 1 atom stereocenters. The summed E-state index contributed by atoms with van der Waals surface area (Å²) in [6.45, 7) is 5.69. The largest absolute Gasteiger partial charge is 0.394 e. The first kappa shape index (κ1) is 13.5. The number of carbonyl (C=O) groups is 1. The van der Waals surface area contributed by atoms with Gasteiger partial charge >= 0.3 is 6.03 Å². The van der Waals surface area contributed by atoms with Crippen LogP contribution in [-0.4, -0.2) is 23.8 Å². The summed E-state index contributed by atoms with van der Waals surface area (Å²) in [5.74, 6) is 0. The number of aliphatic hydroxyl groups excluding tert-OH is 1. The van der Waals surface area contributed by atoms with Crippen LogP contribution in [0.1, 0.15) is 25.0 Å². The zero-order valence-corrected chi connectivity index (χ0v) is 10.6. The number of aliphatic hydroxyl groups is 1. The summed E-state index contributed by atoms with van der Waals surface area (Å²) >= 11 is 0. The van der Waals surface area contributed by atoms with Gasteiger partial charge in [0, 0.05) is 5.69 Å². The third-order valence-corrected chi connectivity index (χ3v) is 2.63. The summed E-state index contributed by atoms with van der Waals surface area (Å²) in [5.41, 5.74) is 3.01. The zero-order chi connectivity index (χ0) is 12.8. The standard InChI is InChI=1S/C13H20N2O2/c1-4-11-7-5-6-9(2)12(11)15-13(17)14-10(3)8-16/h5-7,10,16H,4,8H2,1-3H3,(H2,14,15,17)/t10-/m1/s1. The lowest BCUT2D eigenvalue weighted by Crippen LogP contribution is -2.38. The normalized spacial score (nSPS) is 12.0. The van der Waals surface area contributed by atoms with E-state index in [0.29, 0.717) is 0 Å². The maximum absolute atomic E-state index is 11.7. The van der Waals surface area contributed by atoms with Crippen LogP contribution in [0.25, 0.3) is 0 Å². The van der Waals surface area contributed by atoms with Gasteiger partial charge in [0.05, 0.1) is 12.6 Å². The van der Waals surface area contributed by atoms with Crippen molar-refractivity contribution in [3.8, 4) is 0 Å². The molecule has 0 aromatic heterocycles. The minimum Gasteiger partial charge on any atom is -0.394 e. The Morgan fingerprint density at radius 2 is 2.18 bits per heavy atom. The lowest BCUT2D eigenvalue weighted by Gasteiger charge is -2.15. The predicted octanol–water partition coefficient (Wildman–Crippen LogP) is 2.06. The molecule has 4 nitrogen and oxygen atoms in total. The SMILES string of the molecule is CCc1cccc(C)c1NC(=O)N[C@H](C)CO. The number of para-hydroxylation sites is 1. The number of anilines is 1. The van der Waals surface area contributed by atoms with Crippen LogP contribution in [0, 0.1) is 6.92 Å². The number of rotatable bonds is 4. The summed E-state index contributed by atoms with van der Waals surface area (Å²) in [6, 6.07) is 5.41. The molecule has 0 unspecified atom stereocenters. The lowest BCUT2D eigenvalue weighted by molar-refractivity contribution is 0.229. The van der Waals surface area contributed by atoms with Crippen LogP contribution in [-0.2, 0) is 6.42 Å². The van der Waals surface area contributed by atoms with Gasteiger partial charge in [0.25, 0.3) is 0 Å². The number of urea groups is 1. The molecule has 3 N–H and O–H groups in total. The minimum atomic E-state index is -0.282. The molecule has 0 aliphatic heterocycles. The van der Waals surface area contributed by atoms with Gasteiger partial charge in [-0.05, 0) is 31.4 Å². The van der Waals surface area contributed by atoms with Gasteiger partial charge < -0.3 is 15.7 Å². The van der Waals surface area contributed by atoms with Crippen LogP contribution in [0.4, 0.5) is 10.5 Å². The van der Waals surface area contributed by atoms with Crippen LogP contribution in [0.3, 0.4) is 0 Å². The van der Waals surface area contributed by atoms with Crippen molar-refractivity contribution in [2.24, 2.45) is 0 Å². The Kier molecular flexibility index (Phi) is 4.97. The first-order valence-corrected chi connectivity index (χ1v) is 5.85. The van der Waals surface area contributed by atoms with E-state index in [1.165, 1.54) is 0 Å². The second-order valence-electron chi connectivity index (χ2n) is 4.14. The van der Waals surface area contributed by atoms with E-state index in [-0.39, 0.29) is 18.7 Å². The third-order valence-electron chi connectivity index (χ3n) is 2.63. The van der Waals surface area contributed by atoms with Crippen molar-refractivity contribution in [1.82, 2.24) is 5.32 Å². The Morgan fingerprint density at radius 3 is 2.76 bits per heavy atom. The fourth-order valence-electron chi connectivity index (χ4n) is 1.62. The number of benzene rings is 1. The summed E-state index contributed by atoms with van der Waals surface area (Å²) in [7, 11) is 0. The quantitative estimate of drug-likeness (QED) is 0.749. The van der Waals surface area contributed by atoms with Gasteiger partial charge in [0.2, 0.25) is 0 Å². The molecule has 1 aromatic rings. The van der Waals surface area contributed by atoms with E-state index in [0.717, 1.165) is 23.2 Å². The smallest absolute Gasteiger partial charge is 0.319 e. The highest BCUT2D eigenvalue weighted by molar-refractivity contribution is 5.91. The molecule has 0 heterocycles. The lowest BCUT2D eigenvalue weighted by atomic mass is 10.1. The third kappa shape index (κ3) is 3.75. The molecule has 2 amide bonds. The molecule has 0 saturated heterocycles. The van der Waals surface area contributed by atoms with E-state index >= 15 is 0 Å². The first-order chi connectivity index (χ1) is 8.08. The van der Waals surface area contributed by atoms with Gasteiger partial charge in [-0.15, -0.1) is 0 Å². The molecule has 94 valence electrons. The topological polar surface area (TPSA) is 61.4 Å². The molecule has 0 spiro atoms. The van der Waals surface area contributed by atoms with E-state index in [9.17, 15) is 4.79 Å². The van der Waals surface area contributed by atoms with Gasteiger partial charge in [-0.2, -0.15) is 0 Å². The predicted molar refractivity (Wildman–Crippen MR) is 69.3 cm³/mol. The highest BCUT2D eigenvalue weighted by atomic mass is 16.3. The molecule has 0 aliphatic rings. The second-order valence-corrected chi connectivity index (χ2v) is 4.14. The van der Waals surface area contributed by atoms with Gasteiger partial charge in [0.15, 0.2) is 0 Å². The van der Waals surface area contributed by atoms with Crippen molar-refractivity contribution in [3.05, 3.63) is 29.3 Å². The van der Waals surface area contributed by atoms with Gasteiger partial charge in [-0.3, -0.25) is 0 Å². The average molecular weight is 236 g/mol. The molecule has 0 bridgehead atoms. The monoisotopic (exact) mass is 236 g/mol. The summed E-state index contributed by atoms with van der Waals surface area (Å²) in [6.07, 6.45) is 0.868. The van der Waals surface area contributed by atoms with Crippen molar-refractivity contribution < 1.29 is 9.90 Å². The molecule has 1 rings (SSSR count). The summed E-state index contributed by atoms with van der Waals surface area (Å²) < 4.78 is 0. The molecule has 0 radical (unpaired) electrons. The van der Waals surface area contributed by atoms with E-state index < -0.39 is 0 Å². The molecule has 0 fully saturated rings. The molecular weight excluding hydrogens is 216 g/mol. The van der Waals surface area contributed by atoms with Crippen molar-refractivity contribution in [2.45, 2.75) is 33.2 Å². The Labute approximate surface area is 102 Å². The van der Waals surface area contributed by atoms with Crippen LogP contribution in [0.5, 0.6) is 0 Å². The van der Waals surface area contributed by atoms with E-state index in [2.05, 4.69) is 10.6 Å². The van der Waals surface area contributed by atoms with E-state index in [1.807, 2.05) is 32.0 Å². The minimum absolute atomic E-state index is 0.0676. The first-order valence-electron chi connectivity index (χ1n) is 5.85. The second kappa shape index (κ2) is 6.25. The zero-order valence-electron chi connectivity index (χ0n) is 10.6. The average Bonchev–Trinajstić information content (AvgIpc) is 2.31. The number of carbonyl (C=O) groups excluding carboxylic acids is 1. The highest BCUT2D eigenvalue weighted by Gasteiger charge is 2.10. The fraction of sp³-hybridized carbons (Fsp3) is 0.462. The van der Waals surface area contributed by atoms with Crippen molar-refractivity contribution in [3.63, 3.8) is 0 Å². The Balaban J connectivity index is 2.77. The van der Waals surface area contributed by atoms with Crippen molar-refractivity contribution >= 4 is 11.7 Å². The Bertz CT molecular complexity index is 391. The van der Waals surface area contributed by atoms with Crippen LogP contribution < -0.4 is 10.6 Å². The molecule has 0 saturated carbocycles. The van der Waals surface area contributed by atoms with Crippen LogP contribution >= 0.6 is 0 Å². The van der Waals surface area contributed by atoms with E-state index in [4.69, 9.17) is 5.11 Å². The maximum atomic E-state index is 11.7. The van der Waals surface area contributed by atoms with Crippen molar-refractivity contribution in [1.29, 1.82) is 0 Å². The summed E-state index contributed by atoms with van der Waals surface area (Å²) in [5, 5.41) is 14.4. The van der Waals surface area contributed by atoms with Gasteiger partial charge in [-0.25, -0.2) is 4.79 Å². The number of nitrogens with one attached hydrogen (secondary N) is 2. The fourth-order valence-corrected chi connectivity index (χ4v) is 1.62. The molecule has 17 heavy (non-hydrogen) atoms. The Morgan fingerprint density at radius 1 is 1.47 bits per heavy atom. The molecular formula is C13H20N2O2. The Hall–Kier alpha value is -1.55. The van der Waals surface area contributed by atoms with Gasteiger partial charge in [0.1, 0.15) is 0 Å². The molecule has 0 aliphatic carbocycles. The van der Waals surface area contributed by atoms with Crippen LogP contribution in [0.2, 0.25) is 0 Å².